The van der Waals surface area contributed by atoms with E-state index in [1.165, 1.54) is 16.7 Å². The van der Waals surface area contributed by atoms with Gasteiger partial charge in [-0.15, -0.1) is 0 Å². The Morgan fingerprint density at radius 2 is 1.12 bits per heavy atom. The Kier molecular flexibility index (Phi) is 6.30. The predicted octanol–water partition coefficient (Wildman–Crippen LogP) is 8.06. The van der Waals surface area contributed by atoms with E-state index in [0.717, 1.165) is 16.7 Å². The Labute approximate surface area is 201 Å². The second-order valence-electron chi connectivity index (χ2n) is 9.57. The topological polar surface area (TPSA) is 46.5 Å². The lowest BCUT2D eigenvalue weighted by Crippen LogP contribution is -2.29. The van der Waals surface area contributed by atoms with Crippen LogP contribution in [0, 0.1) is 0 Å². The van der Waals surface area contributed by atoms with Crippen molar-refractivity contribution in [3.8, 4) is 16.9 Å². The van der Waals surface area contributed by atoms with Gasteiger partial charge in [0.05, 0.1) is 0 Å². The molecule has 0 spiro atoms. The Hall–Kier alpha value is -3.85. The molecule has 1 N–H and O–H groups in total. The van der Waals surface area contributed by atoms with Crippen molar-refractivity contribution in [2.75, 3.05) is 0 Å². The van der Waals surface area contributed by atoms with Crippen molar-refractivity contribution < 1.29 is 14.6 Å². The van der Waals surface area contributed by atoms with Crippen LogP contribution in [0.25, 0.3) is 11.1 Å². The van der Waals surface area contributed by atoms with Gasteiger partial charge in [-0.05, 0) is 33.9 Å². The summed E-state index contributed by atoms with van der Waals surface area (Å²) in [5.74, 6) is 0.328. The predicted molar refractivity (Wildman–Crippen MR) is 138 cm³/mol. The van der Waals surface area contributed by atoms with Crippen molar-refractivity contribution in [3.63, 3.8) is 0 Å². The minimum atomic E-state index is -1.32. The molecule has 4 aromatic rings. The number of para-hydroxylation sites is 1. The lowest BCUT2D eigenvalue weighted by Gasteiger charge is -2.37. The minimum Gasteiger partial charge on any atom is -0.449 e. The van der Waals surface area contributed by atoms with Crippen LogP contribution in [0.1, 0.15) is 49.9 Å². The summed E-state index contributed by atoms with van der Waals surface area (Å²) in [6, 6.07) is 34.6. The van der Waals surface area contributed by atoms with Crippen LogP contribution in [0.5, 0.6) is 5.75 Å². The van der Waals surface area contributed by atoms with Crippen LogP contribution in [0.3, 0.4) is 0 Å². The van der Waals surface area contributed by atoms with Gasteiger partial charge in [0.1, 0.15) is 5.75 Å². The minimum absolute atomic E-state index is 0.290. The molecule has 172 valence electrons. The summed E-state index contributed by atoms with van der Waals surface area (Å²) < 4.78 is 5.20. The molecule has 0 saturated carbocycles. The molecule has 0 aromatic heterocycles. The molecule has 0 atom stereocenters. The van der Waals surface area contributed by atoms with Crippen LogP contribution < -0.4 is 4.74 Å². The summed E-state index contributed by atoms with van der Waals surface area (Å²) in [7, 11) is 0. The molecule has 3 heteroatoms. The zero-order valence-electron chi connectivity index (χ0n) is 20.1. The van der Waals surface area contributed by atoms with E-state index in [1.54, 1.807) is 12.1 Å². The van der Waals surface area contributed by atoms with Crippen molar-refractivity contribution >= 4 is 6.16 Å². The van der Waals surface area contributed by atoms with E-state index in [0.29, 0.717) is 5.75 Å². The first-order chi connectivity index (χ1) is 16.2. The monoisotopic (exact) mass is 450 g/mol. The molecule has 0 fully saturated rings. The maximum atomic E-state index is 11.4. The molecular weight excluding hydrogens is 420 g/mol. The average molecular weight is 451 g/mol. The maximum absolute atomic E-state index is 11.4. The van der Waals surface area contributed by atoms with E-state index >= 15 is 0 Å². The lowest BCUT2D eigenvalue weighted by atomic mass is 9.66. The fraction of sp³-hybridized carbons (Fsp3) is 0.194. The third kappa shape index (κ3) is 4.34. The zero-order chi connectivity index (χ0) is 24.3. The van der Waals surface area contributed by atoms with Crippen molar-refractivity contribution in [1.82, 2.24) is 0 Å². The second-order valence-corrected chi connectivity index (χ2v) is 9.57. The highest BCUT2D eigenvalue weighted by Gasteiger charge is 2.35. The highest BCUT2D eigenvalue weighted by Crippen LogP contribution is 2.47. The van der Waals surface area contributed by atoms with Crippen LogP contribution in [-0.4, -0.2) is 11.3 Å². The molecule has 0 amide bonds. The molecule has 0 aliphatic heterocycles. The molecular formula is C31H30O3. The summed E-state index contributed by atoms with van der Waals surface area (Å²) in [5.41, 5.74) is 5.81. The van der Waals surface area contributed by atoms with E-state index in [2.05, 4.69) is 94.4 Å². The fourth-order valence-electron chi connectivity index (χ4n) is 4.85. The van der Waals surface area contributed by atoms with E-state index in [-0.39, 0.29) is 10.8 Å². The van der Waals surface area contributed by atoms with Crippen LogP contribution in [0.15, 0.2) is 103 Å². The summed E-state index contributed by atoms with van der Waals surface area (Å²) >= 11 is 0. The first-order valence-electron chi connectivity index (χ1n) is 11.5. The zero-order valence-corrected chi connectivity index (χ0v) is 20.1. The van der Waals surface area contributed by atoms with Gasteiger partial charge in [0.2, 0.25) is 0 Å². The number of carbonyl (C=O) groups is 1. The third-order valence-electron chi connectivity index (χ3n) is 6.73. The first-order valence-corrected chi connectivity index (χ1v) is 11.5. The Bertz CT molecular complexity index is 1290. The highest BCUT2D eigenvalue weighted by molar-refractivity contribution is 5.79. The van der Waals surface area contributed by atoms with E-state index in [4.69, 9.17) is 4.74 Å². The van der Waals surface area contributed by atoms with Gasteiger partial charge in [-0.25, -0.2) is 4.79 Å². The molecule has 0 unspecified atom stereocenters. The molecule has 3 nitrogen and oxygen atoms in total. The summed E-state index contributed by atoms with van der Waals surface area (Å²) in [5, 5.41) is 9.36. The van der Waals surface area contributed by atoms with Gasteiger partial charge >= 0.3 is 6.16 Å². The number of hydrogen-bond acceptors (Lipinski definition) is 2. The highest BCUT2D eigenvalue weighted by atomic mass is 16.7. The summed E-state index contributed by atoms with van der Waals surface area (Å²) in [6.45, 7) is 8.94. The van der Waals surface area contributed by atoms with Gasteiger partial charge in [-0.3, -0.25) is 0 Å². The Morgan fingerprint density at radius 1 is 0.618 bits per heavy atom. The number of ether oxygens (including phenoxy) is 1. The molecule has 0 heterocycles. The van der Waals surface area contributed by atoms with Crippen molar-refractivity contribution in [1.29, 1.82) is 0 Å². The number of hydrogen-bond donors (Lipinski definition) is 1. The normalized spacial score (nSPS) is 11.8. The molecule has 0 saturated heterocycles. The van der Waals surface area contributed by atoms with Gasteiger partial charge in [0, 0.05) is 16.4 Å². The SMILES string of the molecule is CC(C)(c1ccccc1)c1cccc(-c2ccccc2OC(=O)O)c1C(C)(C)c1ccccc1. The molecule has 0 radical (unpaired) electrons. The number of benzene rings is 4. The molecule has 4 aromatic carbocycles. The van der Waals surface area contributed by atoms with Gasteiger partial charge < -0.3 is 9.84 Å². The smallest absolute Gasteiger partial charge is 0.449 e. The molecule has 0 aliphatic rings. The van der Waals surface area contributed by atoms with Gasteiger partial charge in [-0.1, -0.05) is 125 Å². The number of carboxylic acid groups (broad SMARTS) is 1. The second kappa shape index (κ2) is 9.18. The fourth-order valence-corrected chi connectivity index (χ4v) is 4.85. The van der Waals surface area contributed by atoms with E-state index in [1.807, 2.05) is 24.3 Å². The van der Waals surface area contributed by atoms with Crippen molar-refractivity contribution in [2.24, 2.45) is 0 Å². The standard InChI is InChI=1S/C31H30O3/c1-30(2,22-14-7-5-8-15-22)26-20-13-19-25(24-18-11-12-21-27(24)34-29(32)33)28(26)31(3,4)23-16-9-6-10-17-23/h5-21H,1-4H3,(H,32,33). The Balaban J connectivity index is 2.05. The quantitative estimate of drug-likeness (QED) is 0.239. The van der Waals surface area contributed by atoms with Gasteiger partial charge in [0.25, 0.3) is 0 Å². The van der Waals surface area contributed by atoms with Crippen molar-refractivity contribution in [2.45, 2.75) is 38.5 Å². The average Bonchev–Trinajstić information content (AvgIpc) is 2.84. The first kappa shape index (κ1) is 23.3. The maximum Gasteiger partial charge on any atom is 0.511 e. The molecule has 0 bridgehead atoms. The lowest BCUT2D eigenvalue weighted by molar-refractivity contribution is 0.144. The van der Waals surface area contributed by atoms with Crippen LogP contribution in [0.2, 0.25) is 0 Å². The summed E-state index contributed by atoms with van der Waals surface area (Å²) in [6.07, 6.45) is -1.32. The van der Waals surface area contributed by atoms with Gasteiger partial charge in [0.15, 0.2) is 0 Å². The van der Waals surface area contributed by atoms with E-state index in [9.17, 15) is 9.90 Å². The van der Waals surface area contributed by atoms with Gasteiger partial charge in [-0.2, -0.15) is 0 Å². The Morgan fingerprint density at radius 3 is 1.71 bits per heavy atom. The largest absolute Gasteiger partial charge is 0.511 e. The van der Waals surface area contributed by atoms with E-state index < -0.39 is 6.16 Å². The third-order valence-corrected chi connectivity index (χ3v) is 6.73. The van der Waals surface area contributed by atoms with Crippen LogP contribution >= 0.6 is 0 Å². The number of rotatable bonds is 6. The van der Waals surface area contributed by atoms with Crippen LogP contribution in [0.4, 0.5) is 4.79 Å². The van der Waals surface area contributed by atoms with Crippen LogP contribution in [-0.2, 0) is 10.8 Å². The molecule has 4 rings (SSSR count). The summed E-state index contributed by atoms with van der Waals surface area (Å²) in [4.78, 5) is 11.4. The molecule has 0 aliphatic carbocycles. The molecule has 34 heavy (non-hydrogen) atoms. The van der Waals surface area contributed by atoms with Crippen molar-refractivity contribution in [3.05, 3.63) is 125 Å².